The molecule has 1 unspecified atom stereocenters. The Balaban J connectivity index is 1.85. The largest absolute Gasteiger partial charge is 0.295 e. The summed E-state index contributed by atoms with van der Waals surface area (Å²) < 4.78 is 0. The lowest BCUT2D eigenvalue weighted by Gasteiger charge is -2.23. The first kappa shape index (κ1) is 11.4. The normalized spacial score (nSPS) is 22.3. The number of rotatable bonds is 5. The highest BCUT2D eigenvalue weighted by Gasteiger charge is 2.23. The van der Waals surface area contributed by atoms with E-state index in [4.69, 9.17) is 11.6 Å². The third-order valence-electron chi connectivity index (χ3n) is 3.01. The number of thiazole rings is 1. The Bertz CT molecular complexity index is 276. The molecule has 2 nitrogen and oxygen atoms in total. The van der Waals surface area contributed by atoms with Gasteiger partial charge in [-0.15, -0.1) is 22.9 Å². The fourth-order valence-electron chi connectivity index (χ4n) is 2.26. The Hall–Kier alpha value is -0.120. The van der Waals surface area contributed by atoms with Crippen LogP contribution in [-0.2, 0) is 6.54 Å². The summed E-state index contributed by atoms with van der Waals surface area (Å²) in [6, 6.07) is 0.755. The van der Waals surface area contributed by atoms with E-state index in [2.05, 4.69) is 9.88 Å². The van der Waals surface area contributed by atoms with E-state index in [0.29, 0.717) is 0 Å². The second kappa shape index (κ2) is 5.83. The lowest BCUT2D eigenvalue weighted by atomic mass is 10.1. The molecule has 0 bridgehead atoms. The number of halogens is 1. The number of nitrogens with zero attached hydrogens (tertiary/aromatic N) is 2. The molecule has 0 N–H and O–H groups in total. The van der Waals surface area contributed by atoms with Gasteiger partial charge in [0.1, 0.15) is 0 Å². The summed E-state index contributed by atoms with van der Waals surface area (Å²) in [6.07, 6.45) is 7.07. The van der Waals surface area contributed by atoms with Gasteiger partial charge >= 0.3 is 0 Å². The minimum atomic E-state index is 0.755. The lowest BCUT2D eigenvalue weighted by Crippen LogP contribution is -2.28. The van der Waals surface area contributed by atoms with E-state index in [1.165, 1.54) is 30.7 Å². The van der Waals surface area contributed by atoms with Crippen molar-refractivity contribution in [3.8, 4) is 0 Å². The van der Waals surface area contributed by atoms with E-state index >= 15 is 0 Å². The van der Waals surface area contributed by atoms with Gasteiger partial charge < -0.3 is 0 Å². The molecule has 1 aliphatic rings. The van der Waals surface area contributed by atoms with Gasteiger partial charge in [-0.2, -0.15) is 0 Å². The van der Waals surface area contributed by atoms with Crippen LogP contribution in [0.15, 0.2) is 11.7 Å². The molecule has 0 amide bonds. The fraction of sp³-hybridized carbons (Fsp3) is 0.727. The molecule has 1 atom stereocenters. The minimum Gasteiger partial charge on any atom is -0.295 e. The summed E-state index contributed by atoms with van der Waals surface area (Å²) in [5.74, 6) is 0.797. The molecule has 1 aromatic rings. The smallest absolute Gasteiger partial charge is 0.0794 e. The highest BCUT2D eigenvalue weighted by molar-refractivity contribution is 7.09. The van der Waals surface area contributed by atoms with Crippen LogP contribution in [0.25, 0.3) is 0 Å². The molecular formula is C11H17ClN2S. The van der Waals surface area contributed by atoms with Gasteiger partial charge in [-0.05, 0) is 32.2 Å². The first-order valence-corrected chi connectivity index (χ1v) is 6.99. The molecule has 0 aromatic carbocycles. The number of hydrogen-bond acceptors (Lipinski definition) is 3. The van der Waals surface area contributed by atoms with E-state index in [9.17, 15) is 0 Å². The third kappa shape index (κ3) is 3.16. The Morgan fingerprint density at radius 3 is 3.27 bits per heavy atom. The maximum absolute atomic E-state index is 5.74. The lowest BCUT2D eigenvalue weighted by molar-refractivity contribution is 0.235. The van der Waals surface area contributed by atoms with Gasteiger partial charge in [-0.25, -0.2) is 0 Å². The van der Waals surface area contributed by atoms with Gasteiger partial charge in [0.05, 0.1) is 5.51 Å². The van der Waals surface area contributed by atoms with Crippen molar-refractivity contribution in [2.45, 2.75) is 38.3 Å². The molecule has 1 fully saturated rings. The van der Waals surface area contributed by atoms with Gasteiger partial charge in [0.15, 0.2) is 0 Å². The van der Waals surface area contributed by atoms with Gasteiger partial charge in [-0.1, -0.05) is 0 Å². The van der Waals surface area contributed by atoms with Gasteiger partial charge in [0.25, 0.3) is 0 Å². The molecule has 1 aromatic heterocycles. The van der Waals surface area contributed by atoms with Crippen LogP contribution in [0, 0.1) is 0 Å². The molecule has 1 aliphatic heterocycles. The van der Waals surface area contributed by atoms with E-state index in [0.717, 1.165) is 24.9 Å². The molecule has 0 aliphatic carbocycles. The van der Waals surface area contributed by atoms with E-state index in [1.807, 2.05) is 11.7 Å². The molecule has 84 valence electrons. The predicted octanol–water partition coefficient (Wildman–Crippen LogP) is 3.13. The maximum Gasteiger partial charge on any atom is 0.0794 e. The van der Waals surface area contributed by atoms with Crippen molar-refractivity contribution in [3.63, 3.8) is 0 Å². The Kier molecular flexibility index (Phi) is 4.42. The first-order chi connectivity index (χ1) is 7.40. The van der Waals surface area contributed by atoms with Crippen molar-refractivity contribution in [1.82, 2.24) is 9.88 Å². The summed E-state index contributed by atoms with van der Waals surface area (Å²) in [5.41, 5.74) is 1.92. The van der Waals surface area contributed by atoms with Crippen molar-refractivity contribution < 1.29 is 0 Å². The monoisotopic (exact) mass is 244 g/mol. The summed E-state index contributed by atoms with van der Waals surface area (Å²) >= 11 is 7.50. The zero-order valence-corrected chi connectivity index (χ0v) is 10.4. The number of alkyl halides is 1. The highest BCUT2D eigenvalue weighted by atomic mass is 35.5. The van der Waals surface area contributed by atoms with Crippen LogP contribution < -0.4 is 0 Å². The molecule has 0 spiro atoms. The minimum absolute atomic E-state index is 0.755. The standard InChI is InChI=1S/C11H17ClN2S/c12-5-1-3-10-4-2-6-14(10)8-11-7-13-9-15-11/h7,9-10H,1-6,8H2. The van der Waals surface area contributed by atoms with Gasteiger partial charge in [0, 0.05) is 29.5 Å². The second-order valence-corrected chi connectivity index (χ2v) is 5.41. The summed E-state index contributed by atoms with van der Waals surface area (Å²) in [4.78, 5) is 8.09. The van der Waals surface area contributed by atoms with Crippen molar-refractivity contribution in [2.75, 3.05) is 12.4 Å². The molecule has 4 heteroatoms. The summed E-state index contributed by atoms with van der Waals surface area (Å²) in [5, 5.41) is 0. The summed E-state index contributed by atoms with van der Waals surface area (Å²) in [7, 11) is 0. The van der Waals surface area contributed by atoms with Crippen LogP contribution in [0.1, 0.15) is 30.6 Å². The van der Waals surface area contributed by atoms with Crippen molar-refractivity contribution >= 4 is 22.9 Å². The van der Waals surface area contributed by atoms with Gasteiger partial charge in [-0.3, -0.25) is 9.88 Å². The predicted molar refractivity (Wildman–Crippen MR) is 65.5 cm³/mol. The van der Waals surface area contributed by atoms with Gasteiger partial charge in [0.2, 0.25) is 0 Å². The SMILES string of the molecule is ClCCCC1CCCN1Cc1cncs1. The fourth-order valence-corrected chi connectivity index (χ4v) is 3.04. The third-order valence-corrected chi connectivity index (χ3v) is 4.04. The van der Waals surface area contributed by atoms with E-state index < -0.39 is 0 Å². The average molecular weight is 245 g/mol. The van der Waals surface area contributed by atoms with Crippen LogP contribution in [-0.4, -0.2) is 28.4 Å². The molecule has 15 heavy (non-hydrogen) atoms. The molecule has 0 radical (unpaired) electrons. The van der Waals surface area contributed by atoms with Crippen LogP contribution >= 0.6 is 22.9 Å². The van der Waals surface area contributed by atoms with Crippen molar-refractivity contribution in [1.29, 1.82) is 0 Å². The first-order valence-electron chi connectivity index (χ1n) is 5.57. The average Bonchev–Trinajstić information content (AvgIpc) is 2.87. The Morgan fingerprint density at radius 2 is 2.53 bits per heavy atom. The Morgan fingerprint density at radius 1 is 1.60 bits per heavy atom. The summed E-state index contributed by atoms with van der Waals surface area (Å²) in [6.45, 7) is 2.32. The van der Waals surface area contributed by atoms with Crippen LogP contribution in [0.2, 0.25) is 0 Å². The number of likely N-dealkylation sites (tertiary alicyclic amines) is 1. The molecule has 2 rings (SSSR count). The molecular weight excluding hydrogens is 228 g/mol. The number of aromatic nitrogens is 1. The quantitative estimate of drug-likeness (QED) is 0.740. The Labute approximate surface area is 100 Å². The van der Waals surface area contributed by atoms with E-state index in [-0.39, 0.29) is 0 Å². The second-order valence-electron chi connectivity index (χ2n) is 4.07. The number of hydrogen-bond donors (Lipinski definition) is 0. The van der Waals surface area contributed by atoms with Crippen molar-refractivity contribution in [3.05, 3.63) is 16.6 Å². The van der Waals surface area contributed by atoms with Crippen molar-refractivity contribution in [2.24, 2.45) is 0 Å². The maximum atomic E-state index is 5.74. The molecule has 0 saturated carbocycles. The highest BCUT2D eigenvalue weighted by Crippen LogP contribution is 2.24. The zero-order valence-electron chi connectivity index (χ0n) is 8.86. The topological polar surface area (TPSA) is 16.1 Å². The van der Waals surface area contributed by atoms with Crippen LogP contribution in [0.4, 0.5) is 0 Å². The van der Waals surface area contributed by atoms with Crippen LogP contribution in [0.5, 0.6) is 0 Å². The molecule has 1 saturated heterocycles. The molecule has 2 heterocycles. The van der Waals surface area contributed by atoms with Crippen LogP contribution in [0.3, 0.4) is 0 Å². The zero-order chi connectivity index (χ0) is 10.5. The van der Waals surface area contributed by atoms with E-state index in [1.54, 1.807) is 11.3 Å².